The molecule has 24 heavy (non-hydrogen) atoms. The van der Waals surface area contributed by atoms with Gasteiger partial charge in [-0.25, -0.2) is 0 Å². The third kappa shape index (κ3) is 2.62. The van der Waals surface area contributed by atoms with Gasteiger partial charge in [0.25, 0.3) is 11.8 Å². The topological polar surface area (TPSA) is 89.7 Å². The molecular formula is C18H16N2O4. The highest BCUT2D eigenvalue weighted by Gasteiger charge is 2.40. The summed E-state index contributed by atoms with van der Waals surface area (Å²) in [4.78, 5) is 38.0. The molecule has 0 spiro atoms. The average molecular weight is 324 g/mol. The molecule has 1 aliphatic heterocycles. The lowest BCUT2D eigenvalue weighted by Gasteiger charge is -2.26. The van der Waals surface area contributed by atoms with Crippen molar-refractivity contribution >= 4 is 17.7 Å². The molecule has 1 heterocycles. The van der Waals surface area contributed by atoms with Crippen LogP contribution in [0.1, 0.15) is 38.7 Å². The number of imide groups is 1. The number of nitrogens with two attached hydrogens (primary N) is 1. The van der Waals surface area contributed by atoms with Crippen LogP contribution >= 0.6 is 0 Å². The van der Waals surface area contributed by atoms with Crippen molar-refractivity contribution < 1.29 is 19.1 Å². The molecule has 3 rings (SSSR count). The summed E-state index contributed by atoms with van der Waals surface area (Å²) in [6, 6.07) is 12.7. The molecule has 0 fully saturated rings. The van der Waals surface area contributed by atoms with Gasteiger partial charge in [-0.05, 0) is 29.8 Å². The number of carbonyl (C=O) groups excluding carboxylic acids is 3. The van der Waals surface area contributed by atoms with Crippen molar-refractivity contribution in [3.05, 3.63) is 65.2 Å². The Morgan fingerprint density at radius 1 is 1.08 bits per heavy atom. The SMILES string of the molecule is COc1cccc(C(CC(N)=O)N2C(=O)c3ccccc3C2=O)c1. The third-order valence-electron chi connectivity index (χ3n) is 4.01. The van der Waals surface area contributed by atoms with Crippen LogP contribution in [0.2, 0.25) is 0 Å². The predicted octanol–water partition coefficient (Wildman–Crippen LogP) is 1.91. The molecule has 3 amide bonds. The van der Waals surface area contributed by atoms with Gasteiger partial charge >= 0.3 is 0 Å². The Morgan fingerprint density at radius 3 is 2.25 bits per heavy atom. The lowest BCUT2D eigenvalue weighted by molar-refractivity contribution is -0.118. The van der Waals surface area contributed by atoms with E-state index in [-0.39, 0.29) is 6.42 Å². The highest BCUT2D eigenvalue weighted by molar-refractivity contribution is 6.21. The van der Waals surface area contributed by atoms with E-state index in [1.165, 1.54) is 7.11 Å². The minimum atomic E-state index is -0.773. The second-order valence-electron chi connectivity index (χ2n) is 5.49. The summed E-state index contributed by atoms with van der Waals surface area (Å²) in [5.74, 6) is -0.882. The third-order valence-corrected chi connectivity index (χ3v) is 4.01. The summed E-state index contributed by atoms with van der Waals surface area (Å²) >= 11 is 0. The normalized spacial score (nSPS) is 14.5. The van der Waals surface area contributed by atoms with E-state index in [0.29, 0.717) is 22.4 Å². The molecule has 0 aliphatic carbocycles. The minimum Gasteiger partial charge on any atom is -0.497 e. The predicted molar refractivity (Wildman–Crippen MR) is 86.5 cm³/mol. The molecule has 1 unspecified atom stereocenters. The molecule has 1 aliphatic rings. The van der Waals surface area contributed by atoms with Crippen molar-refractivity contribution in [1.82, 2.24) is 4.90 Å². The number of carbonyl (C=O) groups is 3. The fraction of sp³-hybridized carbons (Fsp3) is 0.167. The Hall–Kier alpha value is -3.15. The fourth-order valence-electron chi connectivity index (χ4n) is 2.89. The standard InChI is InChI=1S/C18H16N2O4/c1-24-12-6-4-5-11(9-12)15(10-16(19)21)20-17(22)13-7-2-3-8-14(13)18(20)23/h2-9,15H,10H2,1H3,(H2,19,21). The number of ether oxygens (including phenoxy) is 1. The zero-order valence-corrected chi connectivity index (χ0v) is 13.1. The van der Waals surface area contributed by atoms with Crippen LogP contribution in [0, 0.1) is 0 Å². The molecule has 0 saturated carbocycles. The van der Waals surface area contributed by atoms with Crippen molar-refractivity contribution in [2.75, 3.05) is 7.11 Å². The number of fused-ring (bicyclic) bond motifs is 1. The highest BCUT2D eigenvalue weighted by atomic mass is 16.5. The minimum absolute atomic E-state index is 0.154. The average Bonchev–Trinajstić information content (AvgIpc) is 2.84. The van der Waals surface area contributed by atoms with Gasteiger partial charge in [-0.15, -0.1) is 0 Å². The van der Waals surface area contributed by atoms with E-state index in [1.54, 1.807) is 48.5 Å². The number of rotatable bonds is 5. The summed E-state index contributed by atoms with van der Waals surface area (Å²) in [6.45, 7) is 0. The maximum absolute atomic E-state index is 12.7. The van der Waals surface area contributed by atoms with Gasteiger partial charge in [-0.2, -0.15) is 0 Å². The van der Waals surface area contributed by atoms with Gasteiger partial charge in [0, 0.05) is 0 Å². The second-order valence-corrected chi connectivity index (χ2v) is 5.49. The Balaban J connectivity index is 2.06. The van der Waals surface area contributed by atoms with Gasteiger partial charge in [0.1, 0.15) is 5.75 Å². The number of amides is 3. The molecule has 1 atom stereocenters. The van der Waals surface area contributed by atoms with Crippen molar-refractivity contribution in [3.8, 4) is 5.75 Å². The van der Waals surface area contributed by atoms with E-state index < -0.39 is 23.8 Å². The molecule has 0 radical (unpaired) electrons. The quantitative estimate of drug-likeness (QED) is 0.851. The molecule has 2 N–H and O–H groups in total. The van der Waals surface area contributed by atoms with Crippen LogP contribution in [0.15, 0.2) is 48.5 Å². The molecule has 2 aromatic carbocycles. The zero-order valence-electron chi connectivity index (χ0n) is 13.1. The number of hydrogen-bond acceptors (Lipinski definition) is 4. The molecular weight excluding hydrogens is 308 g/mol. The van der Waals surface area contributed by atoms with E-state index in [1.807, 2.05) is 0 Å². The van der Waals surface area contributed by atoms with E-state index in [0.717, 1.165) is 4.90 Å². The molecule has 6 nitrogen and oxygen atoms in total. The van der Waals surface area contributed by atoms with Gasteiger partial charge in [0.15, 0.2) is 0 Å². The highest BCUT2D eigenvalue weighted by Crippen LogP contribution is 2.34. The van der Waals surface area contributed by atoms with Crippen molar-refractivity contribution in [2.24, 2.45) is 5.73 Å². The van der Waals surface area contributed by atoms with Gasteiger partial charge in [-0.3, -0.25) is 19.3 Å². The maximum Gasteiger partial charge on any atom is 0.262 e. The van der Waals surface area contributed by atoms with E-state index >= 15 is 0 Å². The van der Waals surface area contributed by atoms with Crippen LogP contribution in [0.5, 0.6) is 5.75 Å². The Labute approximate surface area is 138 Å². The smallest absolute Gasteiger partial charge is 0.262 e. The Morgan fingerprint density at radius 2 is 1.71 bits per heavy atom. The van der Waals surface area contributed by atoms with Crippen molar-refractivity contribution in [1.29, 1.82) is 0 Å². The number of methoxy groups -OCH3 is 1. The van der Waals surface area contributed by atoms with Gasteiger partial charge in [0.2, 0.25) is 5.91 Å². The molecule has 122 valence electrons. The zero-order chi connectivity index (χ0) is 17.3. The summed E-state index contributed by atoms with van der Waals surface area (Å²) in [5.41, 5.74) is 6.63. The largest absolute Gasteiger partial charge is 0.497 e. The van der Waals surface area contributed by atoms with Crippen LogP contribution < -0.4 is 10.5 Å². The summed E-state index contributed by atoms with van der Waals surface area (Å²) in [7, 11) is 1.52. The summed E-state index contributed by atoms with van der Waals surface area (Å²) in [5, 5.41) is 0. The maximum atomic E-state index is 12.7. The fourth-order valence-corrected chi connectivity index (χ4v) is 2.89. The monoisotopic (exact) mass is 324 g/mol. The Kier molecular flexibility index (Phi) is 4.04. The summed E-state index contributed by atoms with van der Waals surface area (Å²) < 4.78 is 5.18. The summed E-state index contributed by atoms with van der Waals surface area (Å²) in [6.07, 6.45) is -0.154. The van der Waals surface area contributed by atoms with Crippen LogP contribution in [0.25, 0.3) is 0 Å². The van der Waals surface area contributed by atoms with Crippen LogP contribution in [-0.4, -0.2) is 29.7 Å². The lowest BCUT2D eigenvalue weighted by atomic mass is 10.0. The molecule has 0 bridgehead atoms. The van der Waals surface area contributed by atoms with E-state index in [2.05, 4.69) is 0 Å². The first kappa shape index (κ1) is 15.7. The lowest BCUT2D eigenvalue weighted by Crippen LogP contribution is -2.36. The first-order chi connectivity index (χ1) is 11.5. The number of primary amides is 1. The molecule has 0 aromatic heterocycles. The molecule has 0 saturated heterocycles. The first-order valence-electron chi connectivity index (χ1n) is 7.42. The van der Waals surface area contributed by atoms with Crippen LogP contribution in [0.3, 0.4) is 0 Å². The van der Waals surface area contributed by atoms with Gasteiger partial charge in [0.05, 0.1) is 30.7 Å². The number of benzene rings is 2. The van der Waals surface area contributed by atoms with Crippen LogP contribution in [-0.2, 0) is 4.79 Å². The Bertz CT molecular complexity index is 796. The molecule has 6 heteroatoms. The van der Waals surface area contributed by atoms with Crippen molar-refractivity contribution in [2.45, 2.75) is 12.5 Å². The number of hydrogen-bond donors (Lipinski definition) is 1. The first-order valence-corrected chi connectivity index (χ1v) is 7.42. The molecule has 2 aromatic rings. The van der Waals surface area contributed by atoms with E-state index in [4.69, 9.17) is 10.5 Å². The van der Waals surface area contributed by atoms with Crippen molar-refractivity contribution in [3.63, 3.8) is 0 Å². The van der Waals surface area contributed by atoms with Crippen LogP contribution in [0.4, 0.5) is 0 Å². The van der Waals surface area contributed by atoms with Gasteiger partial charge in [-0.1, -0.05) is 24.3 Å². The number of nitrogens with zero attached hydrogens (tertiary/aromatic N) is 1. The second kappa shape index (κ2) is 6.16. The van der Waals surface area contributed by atoms with E-state index in [9.17, 15) is 14.4 Å². The van der Waals surface area contributed by atoms with Gasteiger partial charge < -0.3 is 10.5 Å².